The van der Waals surface area contributed by atoms with Crippen molar-refractivity contribution in [3.63, 3.8) is 0 Å². The van der Waals surface area contributed by atoms with Crippen LogP contribution < -0.4 is 16.2 Å². The monoisotopic (exact) mass is 377 g/mol. The Kier molecular flexibility index (Phi) is 5.65. The van der Waals surface area contributed by atoms with E-state index in [2.05, 4.69) is 16.2 Å². The van der Waals surface area contributed by atoms with Gasteiger partial charge in [-0.05, 0) is 36.2 Å². The van der Waals surface area contributed by atoms with Crippen LogP contribution in [0.4, 0.5) is 4.39 Å². The van der Waals surface area contributed by atoms with Crippen molar-refractivity contribution in [1.29, 1.82) is 0 Å². The molecule has 1 amide bonds. The summed E-state index contributed by atoms with van der Waals surface area (Å²) < 4.78 is 37.3. The van der Waals surface area contributed by atoms with Crippen molar-refractivity contribution in [2.45, 2.75) is 23.4 Å². The smallest absolute Gasteiger partial charge is 0.238 e. The number of hydrazine groups is 1. The first kappa shape index (κ1) is 18.5. The minimum Gasteiger partial charge on any atom is -0.354 e. The fourth-order valence-electron chi connectivity index (χ4n) is 2.82. The molecule has 0 aromatic heterocycles. The molecule has 2 aromatic carbocycles. The summed E-state index contributed by atoms with van der Waals surface area (Å²) in [6, 6.07) is 14.0. The maximum Gasteiger partial charge on any atom is 0.238 e. The molecule has 1 saturated heterocycles. The van der Waals surface area contributed by atoms with Crippen molar-refractivity contribution in [1.82, 2.24) is 16.2 Å². The highest BCUT2D eigenvalue weighted by molar-refractivity contribution is 7.91. The highest BCUT2D eigenvalue weighted by Crippen LogP contribution is 2.21. The van der Waals surface area contributed by atoms with Crippen molar-refractivity contribution in [3.05, 3.63) is 66.0 Å². The van der Waals surface area contributed by atoms with Crippen LogP contribution in [0.25, 0.3) is 0 Å². The Labute approximate surface area is 151 Å². The number of amides is 1. The lowest BCUT2D eigenvalue weighted by molar-refractivity contribution is -0.122. The van der Waals surface area contributed by atoms with Crippen LogP contribution >= 0.6 is 0 Å². The molecule has 1 aliphatic rings. The van der Waals surface area contributed by atoms with Crippen LogP contribution in [0.1, 0.15) is 18.0 Å². The number of hydrogen-bond donors (Lipinski definition) is 3. The van der Waals surface area contributed by atoms with Gasteiger partial charge in [-0.2, -0.15) is 0 Å². The molecule has 2 aromatic rings. The van der Waals surface area contributed by atoms with E-state index in [4.69, 9.17) is 0 Å². The van der Waals surface area contributed by atoms with Gasteiger partial charge in [0, 0.05) is 12.6 Å². The van der Waals surface area contributed by atoms with Crippen molar-refractivity contribution in [2.24, 2.45) is 0 Å². The van der Waals surface area contributed by atoms with Crippen LogP contribution in [-0.4, -0.2) is 32.7 Å². The second-order valence-electron chi connectivity index (χ2n) is 6.10. The summed E-state index contributed by atoms with van der Waals surface area (Å²) in [4.78, 5) is 12.3. The predicted molar refractivity (Wildman–Crippen MR) is 95.3 cm³/mol. The quantitative estimate of drug-likeness (QED) is 0.661. The van der Waals surface area contributed by atoms with E-state index in [1.54, 1.807) is 0 Å². The number of sulfone groups is 1. The van der Waals surface area contributed by atoms with E-state index in [0.29, 0.717) is 6.42 Å². The molecule has 138 valence electrons. The standard InChI is InChI=1S/C18H20FN3O3S/c19-14-6-8-15(9-7-14)26(24,25)11-10-20-18(23)17-12-16(21-22-17)13-4-2-1-3-5-13/h1-9,16-17,21-22H,10-12H2,(H,20,23). The number of rotatable bonds is 6. The molecule has 26 heavy (non-hydrogen) atoms. The van der Waals surface area contributed by atoms with E-state index in [1.807, 2.05) is 30.3 Å². The molecule has 3 rings (SSSR count). The van der Waals surface area contributed by atoms with E-state index in [1.165, 1.54) is 12.1 Å². The zero-order chi connectivity index (χ0) is 18.6. The number of hydrogen-bond acceptors (Lipinski definition) is 5. The van der Waals surface area contributed by atoms with Gasteiger partial charge < -0.3 is 5.32 Å². The van der Waals surface area contributed by atoms with Crippen LogP contribution in [0.5, 0.6) is 0 Å². The van der Waals surface area contributed by atoms with Gasteiger partial charge in [0.15, 0.2) is 9.84 Å². The first-order chi connectivity index (χ1) is 12.5. The first-order valence-electron chi connectivity index (χ1n) is 8.28. The van der Waals surface area contributed by atoms with E-state index in [9.17, 15) is 17.6 Å². The minimum absolute atomic E-state index is 0.00722. The van der Waals surface area contributed by atoms with Crippen LogP contribution in [0, 0.1) is 5.82 Å². The minimum atomic E-state index is -3.57. The molecule has 0 saturated carbocycles. The normalized spacial score (nSPS) is 20.0. The molecule has 0 aliphatic carbocycles. The Balaban J connectivity index is 1.49. The molecule has 3 N–H and O–H groups in total. The Bertz CT molecular complexity index is 857. The Morgan fingerprint density at radius 3 is 2.46 bits per heavy atom. The lowest BCUT2D eigenvalue weighted by atomic mass is 10.0. The number of benzene rings is 2. The Morgan fingerprint density at radius 2 is 1.77 bits per heavy atom. The number of carbonyl (C=O) groups excluding carboxylic acids is 1. The van der Waals surface area contributed by atoms with Crippen LogP contribution in [0.3, 0.4) is 0 Å². The van der Waals surface area contributed by atoms with Gasteiger partial charge in [0.2, 0.25) is 5.91 Å². The highest BCUT2D eigenvalue weighted by atomic mass is 32.2. The van der Waals surface area contributed by atoms with E-state index >= 15 is 0 Å². The molecule has 2 atom stereocenters. The molecule has 6 nitrogen and oxygen atoms in total. The maximum absolute atomic E-state index is 12.9. The van der Waals surface area contributed by atoms with Crippen molar-refractivity contribution >= 4 is 15.7 Å². The van der Waals surface area contributed by atoms with Gasteiger partial charge in [-0.15, -0.1) is 0 Å². The second kappa shape index (κ2) is 7.94. The molecule has 0 spiro atoms. The zero-order valence-corrected chi connectivity index (χ0v) is 14.8. The molecular formula is C18H20FN3O3S. The third-order valence-corrected chi connectivity index (χ3v) is 6.00. The molecule has 0 radical (unpaired) electrons. The maximum atomic E-state index is 12.9. The predicted octanol–water partition coefficient (Wildman–Crippen LogP) is 1.32. The third-order valence-electron chi connectivity index (χ3n) is 4.26. The lowest BCUT2D eigenvalue weighted by Gasteiger charge is -2.11. The SMILES string of the molecule is O=C(NCCS(=O)(=O)c1ccc(F)cc1)C1CC(c2ccccc2)NN1. The Hall–Kier alpha value is -2.29. The van der Waals surface area contributed by atoms with Crippen molar-refractivity contribution < 1.29 is 17.6 Å². The molecule has 1 aliphatic heterocycles. The van der Waals surface area contributed by atoms with E-state index in [-0.39, 0.29) is 29.1 Å². The molecule has 2 unspecified atom stereocenters. The topological polar surface area (TPSA) is 87.3 Å². The summed E-state index contributed by atoms with van der Waals surface area (Å²) >= 11 is 0. The van der Waals surface area contributed by atoms with Gasteiger partial charge in [0.25, 0.3) is 0 Å². The van der Waals surface area contributed by atoms with E-state index < -0.39 is 21.7 Å². The molecule has 1 fully saturated rings. The van der Waals surface area contributed by atoms with Crippen molar-refractivity contribution in [2.75, 3.05) is 12.3 Å². The summed E-state index contributed by atoms with van der Waals surface area (Å²) in [6.07, 6.45) is 0.570. The highest BCUT2D eigenvalue weighted by Gasteiger charge is 2.30. The van der Waals surface area contributed by atoms with Gasteiger partial charge in [-0.25, -0.2) is 23.7 Å². The van der Waals surface area contributed by atoms with Crippen LogP contribution in [0.2, 0.25) is 0 Å². The summed E-state index contributed by atoms with van der Waals surface area (Å²) in [5.74, 6) is -0.998. The third kappa shape index (κ3) is 4.46. The molecule has 8 heteroatoms. The largest absolute Gasteiger partial charge is 0.354 e. The number of carbonyl (C=O) groups is 1. The van der Waals surface area contributed by atoms with Gasteiger partial charge in [0.05, 0.1) is 10.6 Å². The summed E-state index contributed by atoms with van der Waals surface area (Å²) in [5, 5.41) is 2.64. The Morgan fingerprint density at radius 1 is 1.08 bits per heavy atom. The fourth-order valence-corrected chi connectivity index (χ4v) is 3.98. The van der Waals surface area contributed by atoms with Crippen LogP contribution in [0.15, 0.2) is 59.5 Å². The first-order valence-corrected chi connectivity index (χ1v) is 9.93. The average molecular weight is 377 g/mol. The van der Waals surface area contributed by atoms with Gasteiger partial charge >= 0.3 is 0 Å². The second-order valence-corrected chi connectivity index (χ2v) is 8.21. The van der Waals surface area contributed by atoms with Crippen LogP contribution in [-0.2, 0) is 14.6 Å². The molecule has 1 heterocycles. The lowest BCUT2D eigenvalue weighted by Crippen LogP contribution is -2.44. The fraction of sp³-hybridized carbons (Fsp3) is 0.278. The molecule has 0 bridgehead atoms. The van der Waals surface area contributed by atoms with Gasteiger partial charge in [0.1, 0.15) is 11.9 Å². The number of nitrogens with one attached hydrogen (secondary N) is 3. The summed E-state index contributed by atoms with van der Waals surface area (Å²) in [5.41, 5.74) is 7.09. The van der Waals surface area contributed by atoms with Crippen molar-refractivity contribution in [3.8, 4) is 0 Å². The van der Waals surface area contributed by atoms with Gasteiger partial charge in [-0.3, -0.25) is 4.79 Å². The molecular weight excluding hydrogens is 357 g/mol. The number of halogens is 1. The average Bonchev–Trinajstić information content (AvgIpc) is 3.13. The van der Waals surface area contributed by atoms with E-state index in [0.717, 1.165) is 17.7 Å². The summed E-state index contributed by atoms with van der Waals surface area (Å²) in [7, 11) is -3.57. The summed E-state index contributed by atoms with van der Waals surface area (Å²) in [6.45, 7) is -0.00722. The van der Waals surface area contributed by atoms with Gasteiger partial charge in [-0.1, -0.05) is 30.3 Å². The zero-order valence-electron chi connectivity index (χ0n) is 14.0.